The monoisotopic (exact) mass is 403 g/mol. The quantitative estimate of drug-likeness (QED) is 0.691. The molecule has 29 heavy (non-hydrogen) atoms. The molecule has 0 radical (unpaired) electrons. The molecule has 0 aliphatic carbocycles. The van der Waals surface area contributed by atoms with Crippen LogP contribution < -0.4 is 5.32 Å². The summed E-state index contributed by atoms with van der Waals surface area (Å²) in [7, 11) is 2.07. The average Bonchev–Trinajstić information content (AvgIpc) is 2.68. The normalized spacial score (nSPS) is 18.1. The molecule has 1 aromatic carbocycles. The predicted octanol–water partition coefficient (Wildman–Crippen LogP) is 3.92. The van der Waals surface area contributed by atoms with Crippen LogP contribution in [0.2, 0.25) is 0 Å². The topological polar surface area (TPSA) is 74.2 Å². The Hall–Kier alpha value is -2.94. The van der Waals surface area contributed by atoms with E-state index in [1.165, 1.54) is 6.07 Å². The molecule has 3 aromatic rings. The maximum atomic E-state index is 12.9. The van der Waals surface area contributed by atoms with E-state index in [0.717, 1.165) is 32.0 Å². The van der Waals surface area contributed by atoms with Crippen molar-refractivity contribution in [3.05, 3.63) is 42.2 Å². The van der Waals surface area contributed by atoms with Crippen LogP contribution in [0.4, 0.5) is 19.0 Å². The number of nitrogens with zero attached hydrogens (tertiary/aromatic N) is 4. The molecule has 9 heteroatoms. The van der Waals surface area contributed by atoms with E-state index >= 15 is 0 Å². The molecule has 1 unspecified atom stereocenters. The molecule has 1 aliphatic heterocycles. The van der Waals surface area contributed by atoms with Gasteiger partial charge in [0, 0.05) is 41.3 Å². The maximum absolute atomic E-state index is 12.9. The third kappa shape index (κ3) is 3.95. The molecule has 152 valence electrons. The summed E-state index contributed by atoms with van der Waals surface area (Å²) in [4.78, 5) is 6.40. The van der Waals surface area contributed by atoms with Crippen molar-refractivity contribution in [2.45, 2.75) is 25.1 Å². The minimum Gasteiger partial charge on any atom is -0.507 e. The number of hydrogen-bond acceptors (Lipinski definition) is 6. The number of likely N-dealkylation sites (N-methyl/N-ethyl adjacent to an activating group) is 1. The molecule has 0 amide bonds. The fourth-order valence-electron chi connectivity index (χ4n) is 3.69. The molecule has 0 saturated carbocycles. The van der Waals surface area contributed by atoms with Crippen LogP contribution in [-0.4, -0.2) is 51.4 Å². The number of alkyl halides is 3. The van der Waals surface area contributed by atoms with Crippen molar-refractivity contribution in [2.24, 2.45) is 0 Å². The van der Waals surface area contributed by atoms with Crippen LogP contribution in [0.25, 0.3) is 22.0 Å². The number of piperidine rings is 1. The summed E-state index contributed by atoms with van der Waals surface area (Å²) >= 11 is 0. The highest BCUT2D eigenvalue weighted by atomic mass is 19.4. The molecule has 1 saturated heterocycles. The van der Waals surface area contributed by atoms with Gasteiger partial charge in [0.1, 0.15) is 11.4 Å². The summed E-state index contributed by atoms with van der Waals surface area (Å²) in [5.41, 5.74) is -0.428. The molecule has 0 bridgehead atoms. The largest absolute Gasteiger partial charge is 0.507 e. The van der Waals surface area contributed by atoms with E-state index in [4.69, 9.17) is 0 Å². The first kappa shape index (κ1) is 19.4. The summed E-state index contributed by atoms with van der Waals surface area (Å²) < 4.78 is 38.7. The highest BCUT2D eigenvalue weighted by Gasteiger charge is 2.31. The molecular weight excluding hydrogens is 383 g/mol. The van der Waals surface area contributed by atoms with Gasteiger partial charge >= 0.3 is 6.18 Å². The molecule has 1 fully saturated rings. The first-order valence-corrected chi connectivity index (χ1v) is 9.29. The molecule has 3 heterocycles. The molecule has 2 aromatic heterocycles. The molecule has 2 N–H and O–H groups in total. The van der Waals surface area contributed by atoms with Crippen molar-refractivity contribution in [3.8, 4) is 17.0 Å². The van der Waals surface area contributed by atoms with Crippen LogP contribution in [0.5, 0.6) is 5.75 Å². The second kappa shape index (κ2) is 7.47. The summed E-state index contributed by atoms with van der Waals surface area (Å²) in [5.74, 6) is 0.0744. The van der Waals surface area contributed by atoms with E-state index in [1.807, 2.05) is 0 Å². The second-order valence-corrected chi connectivity index (χ2v) is 7.29. The number of benzene rings is 1. The van der Waals surface area contributed by atoms with Gasteiger partial charge in [-0.15, -0.1) is 10.2 Å². The number of rotatable bonds is 3. The lowest BCUT2D eigenvalue weighted by atomic mass is 10.0. The Labute approximate surface area is 165 Å². The fourth-order valence-corrected chi connectivity index (χ4v) is 3.69. The van der Waals surface area contributed by atoms with E-state index in [-0.39, 0.29) is 11.6 Å². The van der Waals surface area contributed by atoms with Crippen molar-refractivity contribution in [3.63, 3.8) is 0 Å². The van der Waals surface area contributed by atoms with Gasteiger partial charge < -0.3 is 15.3 Å². The molecule has 1 aliphatic rings. The third-order valence-electron chi connectivity index (χ3n) is 5.13. The van der Waals surface area contributed by atoms with Crippen LogP contribution in [0, 0.1) is 0 Å². The highest BCUT2D eigenvalue weighted by molar-refractivity contribution is 6.00. The number of likely N-dealkylation sites (tertiary alicyclic amines) is 1. The molecule has 0 spiro atoms. The minimum atomic E-state index is -4.53. The van der Waals surface area contributed by atoms with Crippen molar-refractivity contribution < 1.29 is 18.3 Å². The van der Waals surface area contributed by atoms with Crippen LogP contribution in [0.15, 0.2) is 36.7 Å². The Morgan fingerprint density at radius 2 is 2.00 bits per heavy atom. The van der Waals surface area contributed by atoms with Gasteiger partial charge in [-0.2, -0.15) is 13.2 Å². The standard InChI is InChI=1S/C20H20F3N5O/c1-28-8-2-3-13(11-28)25-19-16-10-24-7-6-14(16)18(26-27-19)15-5-4-12(9-17(15)29)20(21,22)23/h4-7,9-10,13,29H,2-3,8,11H2,1H3,(H,25,27). The van der Waals surface area contributed by atoms with E-state index < -0.39 is 17.5 Å². The van der Waals surface area contributed by atoms with Gasteiger partial charge in [-0.1, -0.05) is 0 Å². The zero-order chi connectivity index (χ0) is 20.6. The predicted molar refractivity (Wildman–Crippen MR) is 104 cm³/mol. The lowest BCUT2D eigenvalue weighted by Gasteiger charge is -2.30. The molecule has 1 atom stereocenters. The summed E-state index contributed by atoms with van der Waals surface area (Å²) in [5, 5.41) is 23.5. The number of aromatic nitrogens is 3. The Morgan fingerprint density at radius 3 is 2.72 bits per heavy atom. The number of nitrogens with one attached hydrogen (secondary N) is 1. The fraction of sp³-hybridized carbons (Fsp3) is 0.350. The van der Waals surface area contributed by atoms with Gasteiger partial charge in [0.25, 0.3) is 0 Å². The number of aromatic hydroxyl groups is 1. The van der Waals surface area contributed by atoms with Gasteiger partial charge in [0.05, 0.1) is 5.56 Å². The van der Waals surface area contributed by atoms with E-state index in [2.05, 4.69) is 32.4 Å². The van der Waals surface area contributed by atoms with E-state index in [9.17, 15) is 18.3 Å². The lowest BCUT2D eigenvalue weighted by Crippen LogP contribution is -2.40. The van der Waals surface area contributed by atoms with Gasteiger partial charge in [0.2, 0.25) is 0 Å². The van der Waals surface area contributed by atoms with Crippen LogP contribution in [0.3, 0.4) is 0 Å². The smallest absolute Gasteiger partial charge is 0.416 e. The number of halogens is 3. The van der Waals surface area contributed by atoms with Crippen LogP contribution in [-0.2, 0) is 6.18 Å². The van der Waals surface area contributed by atoms with Gasteiger partial charge in [-0.25, -0.2) is 0 Å². The zero-order valence-corrected chi connectivity index (χ0v) is 15.7. The first-order valence-electron chi connectivity index (χ1n) is 9.29. The van der Waals surface area contributed by atoms with E-state index in [0.29, 0.717) is 28.4 Å². The Morgan fingerprint density at radius 1 is 1.17 bits per heavy atom. The zero-order valence-electron chi connectivity index (χ0n) is 15.7. The number of phenols is 1. The second-order valence-electron chi connectivity index (χ2n) is 7.29. The maximum Gasteiger partial charge on any atom is 0.416 e. The van der Waals surface area contributed by atoms with Crippen LogP contribution in [0.1, 0.15) is 18.4 Å². The van der Waals surface area contributed by atoms with Crippen molar-refractivity contribution in [1.29, 1.82) is 0 Å². The summed E-state index contributed by atoms with van der Waals surface area (Å²) in [6, 6.07) is 4.78. The van der Waals surface area contributed by atoms with Crippen molar-refractivity contribution in [2.75, 3.05) is 25.5 Å². The minimum absolute atomic E-state index is 0.186. The first-order chi connectivity index (χ1) is 13.8. The number of pyridine rings is 1. The number of fused-ring (bicyclic) bond motifs is 1. The van der Waals surface area contributed by atoms with Gasteiger partial charge in [-0.05, 0) is 50.7 Å². The summed E-state index contributed by atoms with van der Waals surface area (Å²) in [6.45, 7) is 1.93. The third-order valence-corrected chi connectivity index (χ3v) is 5.13. The van der Waals surface area contributed by atoms with Crippen molar-refractivity contribution in [1.82, 2.24) is 20.1 Å². The Bertz CT molecular complexity index is 1040. The van der Waals surface area contributed by atoms with Crippen molar-refractivity contribution >= 4 is 16.6 Å². The van der Waals surface area contributed by atoms with Gasteiger partial charge in [-0.3, -0.25) is 4.98 Å². The average molecular weight is 403 g/mol. The van der Waals surface area contributed by atoms with Crippen LogP contribution >= 0.6 is 0 Å². The number of anilines is 1. The number of phenolic OH excluding ortho intramolecular Hbond substituents is 1. The molecule has 6 nitrogen and oxygen atoms in total. The summed E-state index contributed by atoms with van der Waals surface area (Å²) in [6.07, 6.45) is 0.773. The molecular formula is C20H20F3N5O. The number of hydrogen-bond donors (Lipinski definition) is 2. The Kier molecular flexibility index (Phi) is 4.99. The SMILES string of the molecule is CN1CCCC(Nc2nnc(-c3ccc(C(F)(F)F)cc3O)c3ccncc23)C1. The van der Waals surface area contributed by atoms with E-state index in [1.54, 1.807) is 18.5 Å². The Balaban J connectivity index is 1.74. The highest BCUT2D eigenvalue weighted by Crippen LogP contribution is 2.38. The molecule has 4 rings (SSSR count). The van der Waals surface area contributed by atoms with Gasteiger partial charge in [0.15, 0.2) is 5.82 Å². The lowest BCUT2D eigenvalue weighted by molar-refractivity contribution is -0.137.